The van der Waals surface area contributed by atoms with Crippen LogP contribution in [0, 0.1) is 5.92 Å². The molecule has 1 aliphatic heterocycles. The van der Waals surface area contributed by atoms with Crippen LogP contribution in [0.2, 0.25) is 0 Å². The van der Waals surface area contributed by atoms with Gasteiger partial charge in [0.1, 0.15) is 5.75 Å². The molecule has 2 fully saturated rings. The second-order valence-corrected chi connectivity index (χ2v) is 6.23. The van der Waals surface area contributed by atoms with Crippen LogP contribution in [0.25, 0.3) is 0 Å². The van der Waals surface area contributed by atoms with Gasteiger partial charge in [-0.15, -0.1) is 0 Å². The minimum Gasteiger partial charge on any atom is -0.495 e. The molecule has 130 valence electrons. The molecule has 7 heteroatoms. The molecule has 1 aromatic carbocycles. The molecular formula is C17H23N3O4. The highest BCUT2D eigenvalue weighted by Gasteiger charge is 2.24. The third-order valence-electron chi connectivity index (χ3n) is 4.20. The van der Waals surface area contributed by atoms with Crippen molar-refractivity contribution in [3.8, 4) is 5.75 Å². The molecule has 0 aromatic heterocycles. The number of benzene rings is 1. The van der Waals surface area contributed by atoms with Gasteiger partial charge in [-0.25, -0.2) is 4.79 Å². The van der Waals surface area contributed by atoms with E-state index in [2.05, 4.69) is 16.0 Å². The molecule has 1 aromatic rings. The highest BCUT2D eigenvalue weighted by Crippen LogP contribution is 2.26. The zero-order valence-corrected chi connectivity index (χ0v) is 13.8. The number of hydrogen-bond acceptors (Lipinski definition) is 4. The lowest BCUT2D eigenvalue weighted by Gasteiger charge is -2.14. The lowest BCUT2D eigenvalue weighted by Crippen LogP contribution is -2.33. The number of hydrogen-bond donors (Lipinski definition) is 3. The van der Waals surface area contributed by atoms with Crippen LogP contribution in [-0.4, -0.2) is 44.8 Å². The van der Waals surface area contributed by atoms with E-state index in [1.54, 1.807) is 18.2 Å². The summed E-state index contributed by atoms with van der Waals surface area (Å²) >= 11 is 0. The van der Waals surface area contributed by atoms with Gasteiger partial charge >= 0.3 is 6.03 Å². The average Bonchev–Trinajstić information content (AvgIpc) is 3.24. The third-order valence-corrected chi connectivity index (χ3v) is 4.20. The van der Waals surface area contributed by atoms with Crippen LogP contribution >= 0.6 is 0 Å². The zero-order valence-electron chi connectivity index (χ0n) is 13.8. The molecule has 2 aliphatic rings. The van der Waals surface area contributed by atoms with Gasteiger partial charge in [0, 0.05) is 30.7 Å². The van der Waals surface area contributed by atoms with E-state index in [9.17, 15) is 9.59 Å². The third kappa shape index (κ3) is 4.38. The molecule has 0 spiro atoms. The summed E-state index contributed by atoms with van der Waals surface area (Å²) in [6.45, 7) is 2.00. The fraction of sp³-hybridized carbons (Fsp3) is 0.529. The number of urea groups is 1. The topological polar surface area (TPSA) is 88.7 Å². The normalized spacial score (nSPS) is 19.6. The Labute approximate surface area is 141 Å². The Balaban J connectivity index is 1.61. The monoisotopic (exact) mass is 333 g/mol. The van der Waals surface area contributed by atoms with Crippen LogP contribution < -0.4 is 20.7 Å². The standard InChI is InChI=1S/C17H23N3O4/c1-23-15-5-2-12(16(21)19-13-3-4-13)8-14(15)20-17(22)18-9-11-6-7-24-10-11/h2,5,8,11,13H,3-4,6-7,9-10H2,1H3,(H,19,21)(H2,18,20,22)/t11-/m1/s1. The Morgan fingerprint density at radius 3 is 2.79 bits per heavy atom. The molecule has 0 bridgehead atoms. The van der Waals surface area contributed by atoms with Crippen LogP contribution in [0.3, 0.4) is 0 Å². The molecule has 3 N–H and O–H groups in total. The van der Waals surface area contributed by atoms with Crippen molar-refractivity contribution in [1.82, 2.24) is 10.6 Å². The van der Waals surface area contributed by atoms with Crippen LogP contribution in [0.1, 0.15) is 29.6 Å². The maximum Gasteiger partial charge on any atom is 0.319 e. The van der Waals surface area contributed by atoms with E-state index >= 15 is 0 Å². The lowest BCUT2D eigenvalue weighted by molar-refractivity contribution is 0.0951. The Bertz CT molecular complexity index is 610. The minimum absolute atomic E-state index is 0.133. The van der Waals surface area contributed by atoms with E-state index in [1.807, 2.05) is 0 Å². The van der Waals surface area contributed by atoms with Gasteiger partial charge in [-0.3, -0.25) is 4.79 Å². The first-order valence-electron chi connectivity index (χ1n) is 8.27. The maximum absolute atomic E-state index is 12.1. The van der Waals surface area contributed by atoms with Crippen molar-refractivity contribution in [2.75, 3.05) is 32.2 Å². The predicted octanol–water partition coefficient (Wildman–Crippen LogP) is 1.75. The van der Waals surface area contributed by atoms with E-state index in [0.29, 0.717) is 36.1 Å². The zero-order chi connectivity index (χ0) is 16.9. The van der Waals surface area contributed by atoms with Crippen molar-refractivity contribution in [2.45, 2.75) is 25.3 Å². The number of ether oxygens (including phenoxy) is 2. The van der Waals surface area contributed by atoms with E-state index in [1.165, 1.54) is 7.11 Å². The summed E-state index contributed by atoms with van der Waals surface area (Å²) in [6.07, 6.45) is 3.01. The summed E-state index contributed by atoms with van der Waals surface area (Å²) in [5.74, 6) is 0.734. The molecule has 1 heterocycles. The van der Waals surface area contributed by atoms with Crippen molar-refractivity contribution in [3.63, 3.8) is 0 Å². The van der Waals surface area contributed by atoms with Crippen molar-refractivity contribution >= 4 is 17.6 Å². The quantitative estimate of drug-likeness (QED) is 0.740. The van der Waals surface area contributed by atoms with Crippen molar-refractivity contribution < 1.29 is 19.1 Å². The van der Waals surface area contributed by atoms with Gasteiger partial charge in [0.25, 0.3) is 5.91 Å². The fourth-order valence-corrected chi connectivity index (χ4v) is 2.59. The average molecular weight is 333 g/mol. The molecule has 24 heavy (non-hydrogen) atoms. The van der Waals surface area contributed by atoms with Gasteiger partial charge in [0.2, 0.25) is 0 Å². The second kappa shape index (κ2) is 7.53. The number of methoxy groups -OCH3 is 1. The molecule has 1 aliphatic carbocycles. The predicted molar refractivity (Wildman–Crippen MR) is 89.4 cm³/mol. The van der Waals surface area contributed by atoms with Gasteiger partial charge in [0.05, 0.1) is 19.4 Å². The van der Waals surface area contributed by atoms with Crippen LogP contribution in [0.15, 0.2) is 18.2 Å². The first kappa shape index (κ1) is 16.6. The lowest BCUT2D eigenvalue weighted by atomic mass is 10.1. The number of amides is 3. The van der Waals surface area contributed by atoms with Crippen LogP contribution in [0.4, 0.5) is 10.5 Å². The number of carbonyl (C=O) groups excluding carboxylic acids is 2. The highest BCUT2D eigenvalue weighted by atomic mass is 16.5. The molecule has 0 unspecified atom stereocenters. The first-order chi connectivity index (χ1) is 11.7. The molecule has 1 saturated heterocycles. The second-order valence-electron chi connectivity index (χ2n) is 6.23. The molecule has 1 saturated carbocycles. The van der Waals surface area contributed by atoms with Crippen molar-refractivity contribution in [1.29, 1.82) is 0 Å². The summed E-state index contributed by atoms with van der Waals surface area (Å²) in [4.78, 5) is 24.2. The van der Waals surface area contributed by atoms with E-state index < -0.39 is 0 Å². The highest BCUT2D eigenvalue weighted by molar-refractivity contribution is 5.98. The number of carbonyl (C=O) groups is 2. The van der Waals surface area contributed by atoms with Gasteiger partial charge in [0.15, 0.2) is 0 Å². The smallest absolute Gasteiger partial charge is 0.319 e. The summed E-state index contributed by atoms with van der Waals surface area (Å²) in [7, 11) is 1.53. The molecule has 3 rings (SSSR count). The summed E-state index contributed by atoms with van der Waals surface area (Å²) in [5.41, 5.74) is 0.975. The summed E-state index contributed by atoms with van der Waals surface area (Å²) in [6, 6.07) is 4.97. The molecule has 1 atom stereocenters. The summed E-state index contributed by atoms with van der Waals surface area (Å²) in [5, 5.41) is 8.51. The minimum atomic E-state index is -0.319. The Morgan fingerprint density at radius 2 is 2.12 bits per heavy atom. The molecule has 3 amide bonds. The molecule has 0 radical (unpaired) electrons. The van der Waals surface area contributed by atoms with Crippen LogP contribution in [0.5, 0.6) is 5.75 Å². The van der Waals surface area contributed by atoms with Gasteiger partial charge in [-0.05, 0) is 37.5 Å². The number of anilines is 1. The number of nitrogens with one attached hydrogen (secondary N) is 3. The Morgan fingerprint density at radius 1 is 1.29 bits per heavy atom. The van der Waals surface area contributed by atoms with Gasteiger partial charge < -0.3 is 25.4 Å². The Hall–Kier alpha value is -2.28. The number of rotatable bonds is 6. The largest absolute Gasteiger partial charge is 0.495 e. The maximum atomic E-state index is 12.1. The SMILES string of the molecule is COc1ccc(C(=O)NC2CC2)cc1NC(=O)NC[C@H]1CCOC1. The van der Waals surface area contributed by atoms with E-state index in [4.69, 9.17) is 9.47 Å². The fourth-order valence-electron chi connectivity index (χ4n) is 2.59. The van der Waals surface area contributed by atoms with Gasteiger partial charge in [-0.2, -0.15) is 0 Å². The molecular weight excluding hydrogens is 310 g/mol. The molecule has 7 nitrogen and oxygen atoms in total. The van der Waals surface area contributed by atoms with Crippen molar-refractivity contribution in [3.05, 3.63) is 23.8 Å². The van der Waals surface area contributed by atoms with Crippen molar-refractivity contribution in [2.24, 2.45) is 5.92 Å². The Kier molecular flexibility index (Phi) is 5.20. The van der Waals surface area contributed by atoms with E-state index in [-0.39, 0.29) is 18.0 Å². The van der Waals surface area contributed by atoms with E-state index in [0.717, 1.165) is 25.9 Å². The van der Waals surface area contributed by atoms with Gasteiger partial charge in [-0.1, -0.05) is 0 Å². The first-order valence-corrected chi connectivity index (χ1v) is 8.27. The van der Waals surface area contributed by atoms with Crippen LogP contribution in [-0.2, 0) is 4.74 Å². The summed E-state index contributed by atoms with van der Waals surface area (Å²) < 4.78 is 10.5.